The normalized spacial score (nSPS) is 11.6. The standard InChI is InChI=1S/C51H32N4O/c1-4-14-35(15-5-1)43-32-44(54-51(53-43)38-16-6-2-7-17-38)36-28-24-33(25-29-36)34-26-30-37(31-27-34)47-46-48-50(56-49(46)40-20-10-12-22-42(40)52-47)41-21-11-13-23-45(41)55(48)39-18-8-3-9-19-39/h1-32H. The van der Waals surface area contributed by atoms with Crippen LogP contribution in [-0.2, 0) is 0 Å². The molecule has 262 valence electrons. The fourth-order valence-electron chi connectivity index (χ4n) is 7.92. The molecule has 0 N–H and O–H groups in total. The Labute approximate surface area is 322 Å². The Balaban J connectivity index is 1.01. The maximum absolute atomic E-state index is 6.88. The summed E-state index contributed by atoms with van der Waals surface area (Å²) in [6, 6.07) is 67.1. The van der Waals surface area contributed by atoms with Crippen molar-refractivity contribution in [1.82, 2.24) is 19.5 Å². The maximum atomic E-state index is 6.88. The Bertz CT molecular complexity index is 3150. The first-order valence-electron chi connectivity index (χ1n) is 18.8. The third-order valence-electron chi connectivity index (χ3n) is 10.6. The van der Waals surface area contributed by atoms with E-state index in [0.717, 1.165) is 100 Å². The molecule has 0 radical (unpaired) electrons. The number of nitrogens with zero attached hydrogens (tertiary/aromatic N) is 4. The average molecular weight is 717 g/mol. The number of hydrogen-bond donors (Lipinski definition) is 0. The highest BCUT2D eigenvalue weighted by atomic mass is 16.3. The van der Waals surface area contributed by atoms with Gasteiger partial charge in [0.2, 0.25) is 0 Å². The monoisotopic (exact) mass is 716 g/mol. The summed E-state index contributed by atoms with van der Waals surface area (Å²) in [5.41, 5.74) is 14.8. The maximum Gasteiger partial charge on any atom is 0.161 e. The van der Waals surface area contributed by atoms with E-state index in [9.17, 15) is 0 Å². The molecule has 4 heterocycles. The molecule has 0 aliphatic rings. The molecule has 4 aromatic heterocycles. The number of aromatic nitrogens is 4. The summed E-state index contributed by atoms with van der Waals surface area (Å²) in [7, 11) is 0. The number of benzene rings is 7. The lowest BCUT2D eigenvalue weighted by Crippen LogP contribution is -1.95. The van der Waals surface area contributed by atoms with E-state index in [1.54, 1.807) is 0 Å². The molecule has 0 saturated carbocycles. The van der Waals surface area contributed by atoms with Gasteiger partial charge in [-0.15, -0.1) is 0 Å². The van der Waals surface area contributed by atoms with Gasteiger partial charge in [0.25, 0.3) is 0 Å². The van der Waals surface area contributed by atoms with Gasteiger partial charge in [0, 0.05) is 38.7 Å². The number of furan rings is 1. The lowest BCUT2D eigenvalue weighted by molar-refractivity contribution is 0.676. The molecule has 0 aliphatic carbocycles. The third kappa shape index (κ3) is 5.29. The topological polar surface area (TPSA) is 56.7 Å². The van der Waals surface area contributed by atoms with Crippen molar-refractivity contribution in [2.24, 2.45) is 0 Å². The Morgan fingerprint density at radius 3 is 1.59 bits per heavy atom. The minimum atomic E-state index is 0.706. The predicted octanol–water partition coefficient (Wildman–Crippen LogP) is 13.2. The van der Waals surface area contributed by atoms with Gasteiger partial charge in [-0.1, -0.05) is 152 Å². The molecule has 11 aromatic rings. The van der Waals surface area contributed by atoms with Crippen molar-refractivity contribution in [1.29, 1.82) is 0 Å². The lowest BCUT2D eigenvalue weighted by Gasteiger charge is -2.11. The first-order valence-corrected chi connectivity index (χ1v) is 18.8. The van der Waals surface area contributed by atoms with Crippen molar-refractivity contribution in [3.63, 3.8) is 0 Å². The van der Waals surface area contributed by atoms with Gasteiger partial charge in [-0.2, -0.15) is 0 Å². The SMILES string of the molecule is c1ccc(-c2cc(-c3ccc(-c4ccc(-c5nc6ccccc6c6oc7c8ccccc8n(-c8ccccc8)c7c56)cc4)cc3)nc(-c3ccccc3)n2)cc1. The van der Waals surface area contributed by atoms with Crippen LogP contribution in [0.5, 0.6) is 0 Å². The summed E-state index contributed by atoms with van der Waals surface area (Å²) >= 11 is 0. The Hall–Kier alpha value is -7.63. The second-order valence-corrected chi connectivity index (χ2v) is 14.0. The van der Waals surface area contributed by atoms with E-state index in [-0.39, 0.29) is 0 Å². The van der Waals surface area contributed by atoms with E-state index in [4.69, 9.17) is 19.4 Å². The van der Waals surface area contributed by atoms with Crippen LogP contribution in [0.15, 0.2) is 199 Å². The number of pyridine rings is 1. The molecule has 0 bridgehead atoms. The lowest BCUT2D eigenvalue weighted by atomic mass is 9.98. The third-order valence-corrected chi connectivity index (χ3v) is 10.6. The van der Waals surface area contributed by atoms with E-state index in [2.05, 4.69) is 156 Å². The Morgan fingerprint density at radius 2 is 0.911 bits per heavy atom. The largest absolute Gasteiger partial charge is 0.453 e. The Morgan fingerprint density at radius 1 is 0.393 bits per heavy atom. The molecule has 0 unspecified atom stereocenters. The smallest absolute Gasteiger partial charge is 0.161 e. The predicted molar refractivity (Wildman–Crippen MR) is 229 cm³/mol. The van der Waals surface area contributed by atoms with Crippen LogP contribution in [0, 0.1) is 0 Å². The molecule has 0 aliphatic heterocycles. The van der Waals surface area contributed by atoms with Gasteiger partial charge in [-0.3, -0.25) is 0 Å². The van der Waals surface area contributed by atoms with Crippen LogP contribution >= 0.6 is 0 Å². The molecule has 0 amide bonds. The van der Waals surface area contributed by atoms with Crippen LogP contribution in [0.3, 0.4) is 0 Å². The second-order valence-electron chi connectivity index (χ2n) is 14.0. The average Bonchev–Trinajstić information content (AvgIpc) is 3.83. The summed E-state index contributed by atoms with van der Waals surface area (Å²) in [6.07, 6.45) is 0. The summed E-state index contributed by atoms with van der Waals surface area (Å²) in [5, 5.41) is 3.08. The first-order chi connectivity index (χ1) is 27.8. The fourth-order valence-corrected chi connectivity index (χ4v) is 7.92. The minimum absolute atomic E-state index is 0.706. The van der Waals surface area contributed by atoms with Gasteiger partial charge in [0.05, 0.1) is 33.5 Å². The summed E-state index contributed by atoms with van der Waals surface area (Å²) < 4.78 is 9.19. The van der Waals surface area contributed by atoms with Crippen molar-refractivity contribution in [3.8, 4) is 62.0 Å². The van der Waals surface area contributed by atoms with Gasteiger partial charge < -0.3 is 8.98 Å². The van der Waals surface area contributed by atoms with Crippen LogP contribution in [0.25, 0.3) is 106 Å². The summed E-state index contributed by atoms with van der Waals surface area (Å²) in [4.78, 5) is 15.3. The zero-order valence-corrected chi connectivity index (χ0v) is 30.2. The molecule has 7 aromatic carbocycles. The van der Waals surface area contributed by atoms with Crippen molar-refractivity contribution in [2.45, 2.75) is 0 Å². The quantitative estimate of drug-likeness (QED) is 0.172. The van der Waals surface area contributed by atoms with Gasteiger partial charge in [0.15, 0.2) is 11.4 Å². The highest BCUT2D eigenvalue weighted by molar-refractivity contribution is 6.24. The van der Waals surface area contributed by atoms with Gasteiger partial charge >= 0.3 is 0 Å². The van der Waals surface area contributed by atoms with Gasteiger partial charge in [-0.05, 0) is 53.6 Å². The number of rotatable bonds is 6. The van der Waals surface area contributed by atoms with Gasteiger partial charge in [-0.25, -0.2) is 15.0 Å². The van der Waals surface area contributed by atoms with Gasteiger partial charge in [0.1, 0.15) is 11.1 Å². The second kappa shape index (κ2) is 13.0. The molecule has 11 rings (SSSR count). The molecule has 0 saturated heterocycles. The van der Waals surface area contributed by atoms with Crippen LogP contribution in [-0.4, -0.2) is 19.5 Å². The molecular weight excluding hydrogens is 685 g/mol. The minimum Gasteiger partial charge on any atom is -0.453 e. The molecular formula is C51H32N4O. The molecule has 56 heavy (non-hydrogen) atoms. The van der Waals surface area contributed by atoms with Crippen LogP contribution in [0.4, 0.5) is 0 Å². The Kier molecular flexibility index (Phi) is 7.42. The van der Waals surface area contributed by atoms with E-state index >= 15 is 0 Å². The first kappa shape index (κ1) is 31.9. The molecule has 0 fully saturated rings. The van der Waals surface area contributed by atoms with E-state index in [1.807, 2.05) is 42.5 Å². The number of hydrogen-bond acceptors (Lipinski definition) is 4. The fraction of sp³-hybridized carbons (Fsp3) is 0. The van der Waals surface area contributed by atoms with Crippen molar-refractivity contribution in [3.05, 3.63) is 194 Å². The van der Waals surface area contributed by atoms with Crippen LogP contribution < -0.4 is 0 Å². The zero-order chi connectivity index (χ0) is 37.0. The van der Waals surface area contributed by atoms with Crippen molar-refractivity contribution >= 4 is 43.9 Å². The summed E-state index contributed by atoms with van der Waals surface area (Å²) in [5.74, 6) is 0.706. The highest BCUT2D eigenvalue weighted by Crippen LogP contribution is 2.44. The number of fused-ring (bicyclic) bond motifs is 7. The molecule has 5 nitrogen and oxygen atoms in total. The van der Waals surface area contributed by atoms with E-state index in [1.165, 1.54) is 0 Å². The number of para-hydroxylation sites is 3. The molecule has 0 spiro atoms. The highest BCUT2D eigenvalue weighted by Gasteiger charge is 2.24. The van der Waals surface area contributed by atoms with E-state index < -0.39 is 0 Å². The van der Waals surface area contributed by atoms with Crippen molar-refractivity contribution in [2.75, 3.05) is 0 Å². The van der Waals surface area contributed by atoms with Crippen LogP contribution in [0.2, 0.25) is 0 Å². The van der Waals surface area contributed by atoms with Crippen molar-refractivity contribution < 1.29 is 4.42 Å². The zero-order valence-electron chi connectivity index (χ0n) is 30.2. The summed E-state index contributed by atoms with van der Waals surface area (Å²) in [6.45, 7) is 0. The molecule has 0 atom stereocenters. The van der Waals surface area contributed by atoms with Crippen LogP contribution in [0.1, 0.15) is 0 Å². The molecule has 5 heteroatoms. The van der Waals surface area contributed by atoms with E-state index in [0.29, 0.717) is 5.82 Å².